The van der Waals surface area contributed by atoms with Crippen LogP contribution in [0.3, 0.4) is 0 Å². The van der Waals surface area contributed by atoms with Gasteiger partial charge in [-0.3, -0.25) is 4.79 Å². The summed E-state index contributed by atoms with van der Waals surface area (Å²) in [5, 5.41) is 5.94. The average Bonchev–Trinajstić information content (AvgIpc) is 3.11. The Morgan fingerprint density at radius 2 is 2.04 bits per heavy atom. The van der Waals surface area contributed by atoms with E-state index in [4.69, 9.17) is 9.47 Å². The Labute approximate surface area is 162 Å². The highest BCUT2D eigenvalue weighted by Gasteiger charge is 2.11. The van der Waals surface area contributed by atoms with Crippen LogP contribution in [-0.4, -0.2) is 23.0 Å². The number of benzene rings is 1. The van der Waals surface area contributed by atoms with E-state index in [9.17, 15) is 4.79 Å². The predicted octanol–water partition coefficient (Wildman–Crippen LogP) is 4.27. The van der Waals surface area contributed by atoms with E-state index in [-0.39, 0.29) is 5.97 Å². The van der Waals surface area contributed by atoms with E-state index in [1.807, 2.05) is 48.7 Å². The molecule has 1 aromatic carbocycles. The summed E-state index contributed by atoms with van der Waals surface area (Å²) in [6.07, 6.45) is 2.58. The van der Waals surface area contributed by atoms with E-state index >= 15 is 0 Å². The number of nitrogens with zero attached hydrogens (tertiary/aromatic N) is 2. The lowest BCUT2D eigenvalue weighted by molar-refractivity contribution is -0.140. The molecule has 140 valence electrons. The van der Waals surface area contributed by atoms with Gasteiger partial charge in [0.05, 0.1) is 12.8 Å². The first kappa shape index (κ1) is 18.8. The number of rotatable bonds is 8. The lowest BCUT2D eigenvalue weighted by atomic mass is 10.1. The molecule has 0 radical (unpaired) electrons. The van der Waals surface area contributed by atoms with Gasteiger partial charge in [0.25, 0.3) is 0 Å². The Morgan fingerprint density at radius 3 is 2.74 bits per heavy atom. The molecule has 0 amide bonds. The van der Waals surface area contributed by atoms with E-state index in [0.717, 1.165) is 22.0 Å². The Hall–Kier alpha value is -2.93. The topological polar surface area (TPSA) is 73.3 Å². The van der Waals surface area contributed by atoms with Crippen LogP contribution < -0.4 is 10.1 Å². The zero-order valence-corrected chi connectivity index (χ0v) is 16.1. The molecule has 0 aliphatic heterocycles. The molecule has 0 aliphatic rings. The maximum Gasteiger partial charge on any atom is 0.305 e. The maximum absolute atomic E-state index is 11.4. The molecule has 1 N–H and O–H groups in total. The maximum atomic E-state index is 11.4. The van der Waals surface area contributed by atoms with Crippen molar-refractivity contribution in [3.63, 3.8) is 0 Å². The fourth-order valence-electron chi connectivity index (χ4n) is 2.42. The zero-order chi connectivity index (χ0) is 19.1. The van der Waals surface area contributed by atoms with E-state index < -0.39 is 0 Å². The second-order valence-electron chi connectivity index (χ2n) is 5.96. The molecule has 0 aliphatic carbocycles. The minimum atomic E-state index is -0.248. The van der Waals surface area contributed by atoms with Gasteiger partial charge in [-0.05, 0) is 30.5 Å². The second kappa shape index (κ2) is 9.14. The van der Waals surface area contributed by atoms with Crippen molar-refractivity contribution in [2.75, 3.05) is 12.4 Å². The van der Waals surface area contributed by atoms with Crippen molar-refractivity contribution in [1.82, 2.24) is 9.97 Å². The minimum Gasteiger partial charge on any atom is -0.485 e. The van der Waals surface area contributed by atoms with Crippen molar-refractivity contribution in [2.24, 2.45) is 0 Å². The molecule has 0 unspecified atom stereocenters. The first-order valence-electron chi connectivity index (χ1n) is 8.55. The summed E-state index contributed by atoms with van der Waals surface area (Å²) in [5.41, 5.74) is 2.92. The smallest absolute Gasteiger partial charge is 0.305 e. The van der Waals surface area contributed by atoms with E-state index in [2.05, 4.69) is 15.3 Å². The number of thiazole rings is 1. The van der Waals surface area contributed by atoms with Gasteiger partial charge in [-0.25, -0.2) is 9.97 Å². The van der Waals surface area contributed by atoms with E-state index in [0.29, 0.717) is 31.0 Å². The van der Waals surface area contributed by atoms with Gasteiger partial charge in [0.1, 0.15) is 6.61 Å². The molecule has 3 rings (SSSR count). The van der Waals surface area contributed by atoms with Crippen LogP contribution in [0.15, 0.2) is 48.0 Å². The summed E-state index contributed by atoms with van der Waals surface area (Å²) < 4.78 is 10.7. The van der Waals surface area contributed by atoms with E-state index in [1.165, 1.54) is 18.4 Å². The fraction of sp³-hybridized carbons (Fsp3) is 0.250. The molecule has 27 heavy (non-hydrogen) atoms. The highest BCUT2D eigenvalue weighted by atomic mass is 32.1. The summed E-state index contributed by atoms with van der Waals surface area (Å²) in [5.74, 6) is 0.971. The van der Waals surface area contributed by atoms with Crippen LogP contribution in [0.25, 0.3) is 0 Å². The number of aryl methyl sites for hydroxylation is 2. The summed E-state index contributed by atoms with van der Waals surface area (Å²) in [7, 11) is 1.39. The molecule has 0 saturated carbocycles. The fourth-order valence-corrected chi connectivity index (χ4v) is 3.11. The van der Waals surface area contributed by atoms with Gasteiger partial charge in [-0.1, -0.05) is 30.3 Å². The van der Waals surface area contributed by atoms with Crippen LogP contribution in [0.2, 0.25) is 0 Å². The van der Waals surface area contributed by atoms with Crippen molar-refractivity contribution < 1.29 is 14.3 Å². The predicted molar refractivity (Wildman–Crippen MR) is 105 cm³/mol. The van der Waals surface area contributed by atoms with Crippen molar-refractivity contribution in [3.05, 3.63) is 64.8 Å². The highest BCUT2D eigenvalue weighted by molar-refractivity contribution is 7.13. The molecule has 0 atom stereocenters. The summed E-state index contributed by atoms with van der Waals surface area (Å²) >= 11 is 1.51. The molecule has 0 bridgehead atoms. The summed E-state index contributed by atoms with van der Waals surface area (Å²) in [6, 6.07) is 11.8. The van der Waals surface area contributed by atoms with Crippen LogP contribution in [0, 0.1) is 6.92 Å². The van der Waals surface area contributed by atoms with Gasteiger partial charge in [0.15, 0.2) is 16.7 Å². The lowest BCUT2D eigenvalue weighted by Crippen LogP contribution is -2.05. The highest BCUT2D eigenvalue weighted by Crippen LogP contribution is 2.29. The number of methoxy groups -OCH3 is 1. The first-order chi connectivity index (χ1) is 13.1. The lowest BCUT2D eigenvalue weighted by Gasteiger charge is -2.13. The number of hydrogen-bond acceptors (Lipinski definition) is 7. The number of carbonyl (C=O) groups excluding carboxylic acids is 1. The Balaban J connectivity index is 1.78. The monoisotopic (exact) mass is 383 g/mol. The van der Waals surface area contributed by atoms with Gasteiger partial charge in [-0.15, -0.1) is 11.3 Å². The van der Waals surface area contributed by atoms with Crippen LogP contribution in [0.4, 0.5) is 10.9 Å². The standard InChI is InChI=1S/C20H21N3O3S/c1-14-13-27-20(22-14)23-19-17(26-12-15-6-4-3-5-7-15)10-16(11-21-19)8-9-18(24)25-2/h3-7,10-11,13H,8-9,12H2,1-2H3,(H,21,22,23). The largest absolute Gasteiger partial charge is 0.485 e. The van der Waals surface area contributed by atoms with E-state index in [1.54, 1.807) is 6.20 Å². The van der Waals surface area contributed by atoms with Gasteiger partial charge >= 0.3 is 5.97 Å². The van der Waals surface area contributed by atoms with Crippen LogP contribution in [-0.2, 0) is 22.6 Å². The number of esters is 1. The SMILES string of the molecule is COC(=O)CCc1cnc(Nc2nc(C)cs2)c(OCc2ccccc2)c1. The first-order valence-corrected chi connectivity index (χ1v) is 9.43. The van der Waals surface area contributed by atoms with Crippen LogP contribution in [0.1, 0.15) is 23.2 Å². The Bertz CT molecular complexity index is 896. The number of hydrogen-bond donors (Lipinski definition) is 1. The second-order valence-corrected chi connectivity index (χ2v) is 6.82. The normalized spacial score (nSPS) is 10.4. The number of ether oxygens (including phenoxy) is 2. The van der Waals surface area contributed by atoms with Crippen molar-refractivity contribution >= 4 is 28.3 Å². The van der Waals surface area contributed by atoms with Crippen LogP contribution in [0.5, 0.6) is 5.75 Å². The van der Waals surface area contributed by atoms with Crippen molar-refractivity contribution in [2.45, 2.75) is 26.4 Å². The molecule has 2 heterocycles. The molecule has 3 aromatic rings. The van der Waals surface area contributed by atoms with Gasteiger partial charge in [-0.2, -0.15) is 0 Å². The number of anilines is 2. The number of aromatic nitrogens is 2. The summed E-state index contributed by atoms with van der Waals surface area (Å²) in [6.45, 7) is 2.37. The minimum absolute atomic E-state index is 0.248. The quantitative estimate of drug-likeness (QED) is 0.586. The average molecular weight is 383 g/mol. The number of nitrogens with one attached hydrogen (secondary N) is 1. The molecule has 0 fully saturated rings. The van der Waals surface area contributed by atoms with Gasteiger partial charge in [0.2, 0.25) is 0 Å². The number of pyridine rings is 1. The Morgan fingerprint density at radius 1 is 1.22 bits per heavy atom. The van der Waals surface area contributed by atoms with Crippen molar-refractivity contribution in [1.29, 1.82) is 0 Å². The molecule has 7 heteroatoms. The molecule has 0 saturated heterocycles. The molecule has 2 aromatic heterocycles. The third kappa shape index (κ3) is 5.52. The third-order valence-electron chi connectivity index (χ3n) is 3.84. The summed E-state index contributed by atoms with van der Waals surface area (Å²) in [4.78, 5) is 20.3. The van der Waals surface area contributed by atoms with Gasteiger partial charge in [0, 0.05) is 18.0 Å². The van der Waals surface area contributed by atoms with Crippen molar-refractivity contribution in [3.8, 4) is 5.75 Å². The zero-order valence-electron chi connectivity index (χ0n) is 15.3. The third-order valence-corrected chi connectivity index (χ3v) is 4.71. The van der Waals surface area contributed by atoms with Crippen LogP contribution >= 0.6 is 11.3 Å². The molecular weight excluding hydrogens is 362 g/mol. The molecule has 0 spiro atoms. The molecular formula is C20H21N3O3S. The number of carbonyl (C=O) groups is 1. The van der Waals surface area contributed by atoms with Gasteiger partial charge < -0.3 is 14.8 Å². The molecule has 6 nitrogen and oxygen atoms in total. The Kier molecular flexibility index (Phi) is 6.38.